The standard InChI is InChI=1S/C15H24N2O2/c1-10(2)12(5)16-14(18)9-17-7-6-13(8-17)15(19)11(3)4/h6-8,10-12H,9H2,1-5H3,(H,16,18). The van der Waals surface area contributed by atoms with Gasteiger partial charge in [0.15, 0.2) is 5.78 Å². The van der Waals surface area contributed by atoms with Gasteiger partial charge in [-0.05, 0) is 18.9 Å². The Morgan fingerprint density at radius 2 is 1.84 bits per heavy atom. The molecule has 4 heteroatoms. The number of Topliss-reactive ketones (excluding diaryl/α,β-unsaturated/α-hetero) is 1. The molecular formula is C15H24N2O2. The van der Waals surface area contributed by atoms with Gasteiger partial charge in [0.25, 0.3) is 0 Å². The first-order chi connectivity index (χ1) is 8.81. The molecule has 0 aromatic carbocycles. The number of hydrogen-bond donors (Lipinski definition) is 1. The molecule has 0 saturated heterocycles. The number of hydrogen-bond acceptors (Lipinski definition) is 2. The largest absolute Gasteiger partial charge is 0.352 e. The highest BCUT2D eigenvalue weighted by atomic mass is 16.2. The molecule has 0 aliphatic carbocycles. The van der Waals surface area contributed by atoms with Crippen molar-refractivity contribution in [1.82, 2.24) is 9.88 Å². The molecule has 1 aromatic rings. The third kappa shape index (κ3) is 4.54. The highest BCUT2D eigenvalue weighted by Gasteiger charge is 2.14. The lowest BCUT2D eigenvalue weighted by Crippen LogP contribution is -2.37. The summed E-state index contributed by atoms with van der Waals surface area (Å²) in [5.41, 5.74) is 0.666. The molecule has 1 heterocycles. The van der Waals surface area contributed by atoms with Crippen molar-refractivity contribution in [2.75, 3.05) is 0 Å². The van der Waals surface area contributed by atoms with Crippen LogP contribution in [0.5, 0.6) is 0 Å². The lowest BCUT2D eigenvalue weighted by Gasteiger charge is -2.17. The minimum Gasteiger partial charge on any atom is -0.352 e. The van der Waals surface area contributed by atoms with E-state index >= 15 is 0 Å². The number of rotatable bonds is 6. The number of carbonyl (C=O) groups is 2. The van der Waals surface area contributed by atoms with Crippen LogP contribution in [0.15, 0.2) is 18.5 Å². The van der Waals surface area contributed by atoms with Gasteiger partial charge >= 0.3 is 0 Å². The molecule has 4 nitrogen and oxygen atoms in total. The van der Waals surface area contributed by atoms with E-state index in [1.165, 1.54) is 0 Å². The SMILES string of the molecule is CC(C)C(=O)c1ccn(CC(=O)NC(C)C(C)C)c1. The molecule has 0 spiro atoms. The number of nitrogens with one attached hydrogen (secondary N) is 1. The predicted molar refractivity (Wildman–Crippen MR) is 76.0 cm³/mol. The molecule has 1 atom stereocenters. The Labute approximate surface area is 115 Å². The summed E-state index contributed by atoms with van der Waals surface area (Å²) in [4.78, 5) is 23.6. The zero-order valence-electron chi connectivity index (χ0n) is 12.4. The van der Waals surface area contributed by atoms with Crippen LogP contribution < -0.4 is 5.32 Å². The number of ketones is 1. The van der Waals surface area contributed by atoms with Crippen LogP contribution in [0.2, 0.25) is 0 Å². The van der Waals surface area contributed by atoms with Gasteiger partial charge in [0.1, 0.15) is 6.54 Å². The summed E-state index contributed by atoms with van der Waals surface area (Å²) in [6.07, 6.45) is 3.51. The Bertz CT molecular complexity index is 447. The van der Waals surface area contributed by atoms with Gasteiger partial charge < -0.3 is 9.88 Å². The van der Waals surface area contributed by atoms with Crippen molar-refractivity contribution >= 4 is 11.7 Å². The van der Waals surface area contributed by atoms with E-state index in [9.17, 15) is 9.59 Å². The van der Waals surface area contributed by atoms with E-state index in [-0.39, 0.29) is 30.2 Å². The third-order valence-electron chi connectivity index (χ3n) is 3.27. The molecule has 0 aliphatic heterocycles. The number of nitrogens with zero attached hydrogens (tertiary/aromatic N) is 1. The molecule has 0 radical (unpaired) electrons. The van der Waals surface area contributed by atoms with Crippen molar-refractivity contribution in [2.24, 2.45) is 11.8 Å². The average molecular weight is 264 g/mol. The molecule has 1 aromatic heterocycles. The summed E-state index contributed by atoms with van der Waals surface area (Å²) in [7, 11) is 0. The van der Waals surface area contributed by atoms with Crippen molar-refractivity contribution in [3.05, 3.63) is 24.0 Å². The minimum atomic E-state index is -0.0275. The van der Waals surface area contributed by atoms with Crippen molar-refractivity contribution in [3.63, 3.8) is 0 Å². The molecule has 1 rings (SSSR count). The Balaban J connectivity index is 2.59. The van der Waals surface area contributed by atoms with Crippen LogP contribution in [0.3, 0.4) is 0 Å². The van der Waals surface area contributed by atoms with Crippen molar-refractivity contribution in [3.8, 4) is 0 Å². The molecule has 0 fully saturated rings. The summed E-state index contributed by atoms with van der Waals surface area (Å²) in [5.74, 6) is 0.465. The first kappa shape index (κ1) is 15.5. The second-order valence-corrected chi connectivity index (χ2v) is 5.69. The second kappa shape index (κ2) is 6.55. The smallest absolute Gasteiger partial charge is 0.240 e. The number of aromatic nitrogens is 1. The average Bonchev–Trinajstić information content (AvgIpc) is 2.75. The Morgan fingerprint density at radius 3 is 2.37 bits per heavy atom. The highest BCUT2D eigenvalue weighted by molar-refractivity contribution is 5.97. The molecule has 1 unspecified atom stereocenters. The van der Waals surface area contributed by atoms with E-state index < -0.39 is 0 Å². The lowest BCUT2D eigenvalue weighted by molar-refractivity contribution is -0.122. The minimum absolute atomic E-state index is 0.0226. The molecule has 1 amide bonds. The van der Waals surface area contributed by atoms with Gasteiger partial charge in [-0.2, -0.15) is 0 Å². The first-order valence-electron chi connectivity index (χ1n) is 6.80. The Morgan fingerprint density at radius 1 is 1.21 bits per heavy atom. The van der Waals surface area contributed by atoms with Crippen molar-refractivity contribution in [1.29, 1.82) is 0 Å². The summed E-state index contributed by atoms with van der Waals surface area (Å²) >= 11 is 0. The van der Waals surface area contributed by atoms with Gasteiger partial charge in [-0.3, -0.25) is 9.59 Å². The zero-order valence-corrected chi connectivity index (χ0v) is 12.4. The van der Waals surface area contributed by atoms with Crippen LogP contribution in [0.1, 0.15) is 45.0 Å². The molecule has 19 heavy (non-hydrogen) atoms. The van der Waals surface area contributed by atoms with E-state index in [2.05, 4.69) is 19.2 Å². The maximum atomic E-state index is 11.8. The van der Waals surface area contributed by atoms with Crippen LogP contribution in [-0.2, 0) is 11.3 Å². The predicted octanol–water partition coefficient (Wildman–Crippen LogP) is 2.49. The van der Waals surface area contributed by atoms with Crippen molar-refractivity contribution < 1.29 is 9.59 Å². The molecule has 1 N–H and O–H groups in total. The molecule has 0 bridgehead atoms. The lowest BCUT2D eigenvalue weighted by atomic mass is 10.0. The fourth-order valence-electron chi connectivity index (χ4n) is 1.65. The first-order valence-corrected chi connectivity index (χ1v) is 6.80. The van der Waals surface area contributed by atoms with Gasteiger partial charge in [0.2, 0.25) is 5.91 Å². The monoisotopic (exact) mass is 264 g/mol. The molecule has 106 valence electrons. The molecular weight excluding hydrogens is 240 g/mol. The van der Waals surface area contributed by atoms with Gasteiger partial charge in [0.05, 0.1) is 0 Å². The zero-order chi connectivity index (χ0) is 14.6. The number of carbonyl (C=O) groups excluding carboxylic acids is 2. The van der Waals surface area contributed by atoms with Crippen LogP contribution in [0.4, 0.5) is 0 Å². The van der Waals surface area contributed by atoms with E-state index in [0.29, 0.717) is 11.5 Å². The summed E-state index contributed by atoms with van der Waals surface area (Å²) in [6, 6.07) is 1.92. The fourth-order valence-corrected chi connectivity index (χ4v) is 1.65. The quantitative estimate of drug-likeness (QED) is 0.803. The number of amides is 1. The maximum absolute atomic E-state index is 11.8. The van der Waals surface area contributed by atoms with Gasteiger partial charge in [0, 0.05) is 29.9 Å². The normalized spacial score (nSPS) is 12.8. The molecule has 0 aliphatic rings. The van der Waals surface area contributed by atoms with Crippen LogP contribution in [-0.4, -0.2) is 22.3 Å². The summed E-state index contributed by atoms with van der Waals surface area (Å²) < 4.78 is 1.75. The topological polar surface area (TPSA) is 51.1 Å². The van der Waals surface area contributed by atoms with E-state index in [4.69, 9.17) is 0 Å². The van der Waals surface area contributed by atoms with E-state index in [0.717, 1.165) is 0 Å². The fraction of sp³-hybridized carbons (Fsp3) is 0.600. The van der Waals surface area contributed by atoms with Gasteiger partial charge in [-0.15, -0.1) is 0 Å². The summed E-state index contributed by atoms with van der Waals surface area (Å²) in [5, 5.41) is 2.94. The van der Waals surface area contributed by atoms with E-state index in [1.54, 1.807) is 23.0 Å². The van der Waals surface area contributed by atoms with Crippen LogP contribution in [0.25, 0.3) is 0 Å². The van der Waals surface area contributed by atoms with Crippen LogP contribution in [0, 0.1) is 11.8 Å². The Kier molecular flexibility index (Phi) is 5.33. The maximum Gasteiger partial charge on any atom is 0.240 e. The van der Waals surface area contributed by atoms with Gasteiger partial charge in [-0.1, -0.05) is 27.7 Å². The molecule has 0 saturated carbocycles. The second-order valence-electron chi connectivity index (χ2n) is 5.69. The van der Waals surface area contributed by atoms with Gasteiger partial charge in [-0.25, -0.2) is 0 Å². The Hall–Kier alpha value is -1.58. The highest BCUT2D eigenvalue weighted by Crippen LogP contribution is 2.09. The summed E-state index contributed by atoms with van der Waals surface area (Å²) in [6.45, 7) is 10.1. The van der Waals surface area contributed by atoms with E-state index in [1.807, 2.05) is 20.8 Å². The third-order valence-corrected chi connectivity index (χ3v) is 3.27. The van der Waals surface area contributed by atoms with Crippen molar-refractivity contribution in [2.45, 2.75) is 47.2 Å². The van der Waals surface area contributed by atoms with Crippen LogP contribution >= 0.6 is 0 Å².